The van der Waals surface area contributed by atoms with Crippen molar-refractivity contribution in [3.63, 3.8) is 0 Å². The monoisotopic (exact) mass is 245 g/mol. The van der Waals surface area contributed by atoms with Gasteiger partial charge < -0.3 is 9.88 Å². The van der Waals surface area contributed by atoms with Gasteiger partial charge in [-0.05, 0) is 62.8 Å². The van der Waals surface area contributed by atoms with Gasteiger partial charge in [0.15, 0.2) is 0 Å². The highest BCUT2D eigenvalue weighted by atomic mass is 15.1. The Bertz CT molecular complexity index is 409. The minimum atomic E-state index is 0.753. The van der Waals surface area contributed by atoms with E-state index in [4.69, 9.17) is 0 Å². The van der Waals surface area contributed by atoms with Crippen LogP contribution >= 0.6 is 0 Å². The van der Waals surface area contributed by atoms with E-state index < -0.39 is 0 Å². The van der Waals surface area contributed by atoms with Crippen LogP contribution in [0.2, 0.25) is 0 Å². The van der Waals surface area contributed by atoms with Crippen molar-refractivity contribution in [2.45, 2.75) is 44.7 Å². The quantitative estimate of drug-likeness (QED) is 0.887. The Hall–Kier alpha value is -0.830. The van der Waals surface area contributed by atoms with Crippen LogP contribution in [0.15, 0.2) is 12.5 Å². The molecule has 98 valence electrons. The molecule has 18 heavy (non-hydrogen) atoms. The first-order chi connectivity index (χ1) is 8.85. The molecule has 0 atom stereocenters. The molecule has 4 aliphatic rings. The lowest BCUT2D eigenvalue weighted by Crippen LogP contribution is -2.46. The molecule has 1 aromatic rings. The molecule has 3 nitrogen and oxygen atoms in total. The normalized spacial score (nSPS) is 41.5. The lowest BCUT2D eigenvalue weighted by atomic mass is 9.54. The van der Waals surface area contributed by atoms with Crippen LogP contribution in [0, 0.1) is 23.7 Å². The van der Waals surface area contributed by atoms with Gasteiger partial charge in [-0.1, -0.05) is 0 Å². The third-order valence-electron chi connectivity index (χ3n) is 5.60. The predicted octanol–water partition coefficient (Wildman–Crippen LogP) is 2.60. The van der Waals surface area contributed by atoms with E-state index in [1.807, 2.05) is 13.2 Å². The second kappa shape index (κ2) is 4.09. The largest absolute Gasteiger partial charge is 0.330 e. The molecule has 1 N–H and O–H groups in total. The van der Waals surface area contributed by atoms with Crippen LogP contribution in [0.25, 0.3) is 0 Å². The Labute approximate surface area is 109 Å². The third-order valence-corrected chi connectivity index (χ3v) is 5.60. The van der Waals surface area contributed by atoms with Gasteiger partial charge in [-0.15, -0.1) is 0 Å². The average Bonchev–Trinajstić information content (AvgIpc) is 2.76. The summed E-state index contributed by atoms with van der Waals surface area (Å²) in [7, 11) is 2.02. The second-order valence-electron chi connectivity index (χ2n) is 6.74. The smallest absolute Gasteiger partial charge is 0.0951 e. The fourth-order valence-electron chi connectivity index (χ4n) is 5.27. The summed E-state index contributed by atoms with van der Waals surface area (Å²) in [5, 5.41) is 3.27. The number of nitrogens with one attached hydrogen (secondary N) is 1. The van der Waals surface area contributed by atoms with Crippen LogP contribution in [0.3, 0.4) is 0 Å². The summed E-state index contributed by atoms with van der Waals surface area (Å²) in [4.78, 5) is 4.40. The fraction of sp³-hybridized carbons (Fsp3) is 0.800. The summed E-state index contributed by atoms with van der Waals surface area (Å²) < 4.78 is 2.50. The van der Waals surface area contributed by atoms with Gasteiger partial charge in [0.1, 0.15) is 0 Å². The molecule has 4 fully saturated rings. The zero-order valence-electron chi connectivity index (χ0n) is 11.2. The maximum atomic E-state index is 4.40. The molecule has 0 radical (unpaired) electrons. The molecule has 3 heteroatoms. The first-order valence-electron chi connectivity index (χ1n) is 7.50. The standard InChI is InChI=1S/C15H23N3/c1-16-7-14-8-17-9-18(14)15-12-3-10-2-11(5-12)6-13(15)4-10/h8-13,15-16H,2-7H2,1H3. The molecule has 0 aromatic carbocycles. The highest BCUT2D eigenvalue weighted by Crippen LogP contribution is 2.58. The molecule has 5 rings (SSSR count). The molecule has 4 bridgehead atoms. The van der Waals surface area contributed by atoms with E-state index in [1.54, 1.807) is 0 Å². The van der Waals surface area contributed by atoms with Crippen molar-refractivity contribution in [2.75, 3.05) is 7.05 Å². The average molecular weight is 245 g/mol. The number of hydrogen-bond acceptors (Lipinski definition) is 2. The zero-order valence-corrected chi connectivity index (χ0v) is 11.2. The van der Waals surface area contributed by atoms with Crippen LogP contribution < -0.4 is 5.32 Å². The Balaban J connectivity index is 1.66. The molecule has 0 saturated heterocycles. The minimum absolute atomic E-state index is 0.753. The SMILES string of the molecule is CNCc1cncn1C1C2CC3CC(C2)CC1C3. The van der Waals surface area contributed by atoms with Crippen molar-refractivity contribution >= 4 is 0 Å². The van der Waals surface area contributed by atoms with Gasteiger partial charge in [-0.2, -0.15) is 0 Å². The van der Waals surface area contributed by atoms with Gasteiger partial charge in [-0.25, -0.2) is 4.98 Å². The van der Waals surface area contributed by atoms with Crippen molar-refractivity contribution in [1.29, 1.82) is 0 Å². The highest BCUT2D eigenvalue weighted by Gasteiger charge is 2.49. The van der Waals surface area contributed by atoms with E-state index in [0.29, 0.717) is 0 Å². The van der Waals surface area contributed by atoms with E-state index in [2.05, 4.69) is 21.2 Å². The van der Waals surface area contributed by atoms with Crippen LogP contribution in [-0.2, 0) is 6.54 Å². The molecular formula is C15H23N3. The Morgan fingerprint density at radius 3 is 2.44 bits per heavy atom. The van der Waals surface area contributed by atoms with Gasteiger partial charge in [0.2, 0.25) is 0 Å². The van der Waals surface area contributed by atoms with Crippen LogP contribution in [0.5, 0.6) is 0 Å². The Morgan fingerprint density at radius 2 is 1.83 bits per heavy atom. The summed E-state index contributed by atoms with van der Waals surface area (Å²) in [5.41, 5.74) is 1.37. The number of nitrogens with zero attached hydrogens (tertiary/aromatic N) is 2. The van der Waals surface area contributed by atoms with Gasteiger partial charge in [0, 0.05) is 18.8 Å². The second-order valence-corrected chi connectivity index (χ2v) is 6.74. The molecule has 1 aromatic heterocycles. The van der Waals surface area contributed by atoms with Gasteiger partial charge in [-0.3, -0.25) is 0 Å². The van der Waals surface area contributed by atoms with Crippen LogP contribution in [-0.4, -0.2) is 16.6 Å². The summed E-state index contributed by atoms with van der Waals surface area (Å²) in [6.07, 6.45) is 11.6. The minimum Gasteiger partial charge on any atom is -0.330 e. The van der Waals surface area contributed by atoms with Crippen molar-refractivity contribution in [3.8, 4) is 0 Å². The summed E-state index contributed by atoms with van der Waals surface area (Å²) in [5.74, 6) is 3.98. The number of rotatable bonds is 3. The maximum Gasteiger partial charge on any atom is 0.0951 e. The Kier molecular flexibility index (Phi) is 2.51. The number of aromatic nitrogens is 2. The number of hydrogen-bond donors (Lipinski definition) is 1. The van der Waals surface area contributed by atoms with E-state index in [0.717, 1.165) is 36.3 Å². The molecule has 0 aliphatic heterocycles. The van der Waals surface area contributed by atoms with Gasteiger partial charge >= 0.3 is 0 Å². The van der Waals surface area contributed by atoms with Crippen molar-refractivity contribution < 1.29 is 0 Å². The van der Waals surface area contributed by atoms with Crippen molar-refractivity contribution in [1.82, 2.24) is 14.9 Å². The van der Waals surface area contributed by atoms with Crippen molar-refractivity contribution in [2.24, 2.45) is 23.7 Å². The topological polar surface area (TPSA) is 29.9 Å². The molecule has 1 heterocycles. The van der Waals surface area contributed by atoms with E-state index in [1.165, 1.54) is 37.8 Å². The van der Waals surface area contributed by atoms with Crippen LogP contribution in [0.4, 0.5) is 0 Å². The first kappa shape index (κ1) is 11.0. The Morgan fingerprint density at radius 1 is 1.17 bits per heavy atom. The number of imidazole rings is 1. The molecule has 0 unspecified atom stereocenters. The van der Waals surface area contributed by atoms with Gasteiger partial charge in [0.05, 0.1) is 12.0 Å². The maximum absolute atomic E-state index is 4.40. The molecule has 4 aliphatic carbocycles. The van der Waals surface area contributed by atoms with E-state index >= 15 is 0 Å². The van der Waals surface area contributed by atoms with Crippen LogP contribution in [0.1, 0.15) is 43.8 Å². The van der Waals surface area contributed by atoms with E-state index in [9.17, 15) is 0 Å². The molecule has 0 spiro atoms. The summed E-state index contributed by atoms with van der Waals surface area (Å²) in [6.45, 7) is 0.947. The molecule has 4 saturated carbocycles. The molecular weight excluding hydrogens is 222 g/mol. The van der Waals surface area contributed by atoms with Crippen molar-refractivity contribution in [3.05, 3.63) is 18.2 Å². The lowest BCUT2D eigenvalue weighted by Gasteiger charge is -2.54. The lowest BCUT2D eigenvalue weighted by molar-refractivity contribution is -0.0301. The van der Waals surface area contributed by atoms with Gasteiger partial charge in [0.25, 0.3) is 0 Å². The zero-order chi connectivity index (χ0) is 12.1. The van der Waals surface area contributed by atoms with E-state index in [-0.39, 0.29) is 0 Å². The fourth-order valence-corrected chi connectivity index (χ4v) is 5.27. The highest BCUT2D eigenvalue weighted by molar-refractivity contribution is 5.07. The molecule has 0 amide bonds. The predicted molar refractivity (Wildman–Crippen MR) is 71.1 cm³/mol. The summed E-state index contributed by atoms with van der Waals surface area (Å²) in [6, 6.07) is 0.753. The third kappa shape index (κ3) is 1.56. The first-order valence-corrected chi connectivity index (χ1v) is 7.50. The summed E-state index contributed by atoms with van der Waals surface area (Å²) >= 11 is 0.